The lowest BCUT2D eigenvalue weighted by molar-refractivity contribution is -0.142. The Morgan fingerprint density at radius 1 is 0.579 bits per heavy atom. The second-order valence-corrected chi connectivity index (χ2v) is 16.2. The molecule has 2 aliphatic rings. The van der Waals surface area contributed by atoms with Crippen molar-refractivity contribution in [2.75, 3.05) is 32.7 Å². The van der Waals surface area contributed by atoms with Gasteiger partial charge >= 0.3 is 5.97 Å². The van der Waals surface area contributed by atoms with Crippen LogP contribution in [0.1, 0.15) is 90.5 Å². The van der Waals surface area contributed by atoms with Gasteiger partial charge < -0.3 is 25.5 Å². The Bertz CT molecular complexity index is 1910. The fraction of sp³-hybridized carbons (Fsp3) is 0.360. The average Bonchev–Trinajstić information content (AvgIpc) is 3.27. The summed E-state index contributed by atoms with van der Waals surface area (Å²) in [7, 11) is 0. The minimum absolute atomic E-state index is 0.0806. The molecule has 2 aliphatic heterocycles. The van der Waals surface area contributed by atoms with Crippen LogP contribution in [-0.4, -0.2) is 64.7 Å². The maximum Gasteiger partial charge on any atom is 0.313 e. The lowest BCUT2D eigenvalue weighted by atomic mass is 9.72. The van der Waals surface area contributed by atoms with Gasteiger partial charge in [-0.2, -0.15) is 0 Å². The number of nitrogens with zero attached hydrogens (tertiary/aromatic N) is 1. The van der Waals surface area contributed by atoms with Crippen molar-refractivity contribution < 1.29 is 24.9 Å². The molecule has 0 saturated carbocycles. The van der Waals surface area contributed by atoms with E-state index in [1.165, 1.54) is 0 Å². The van der Waals surface area contributed by atoms with E-state index in [9.17, 15) is 24.9 Å². The van der Waals surface area contributed by atoms with E-state index in [4.69, 9.17) is 0 Å². The molecule has 0 unspecified atom stereocenters. The van der Waals surface area contributed by atoms with E-state index in [0.29, 0.717) is 17.5 Å². The number of carbonyl (C=O) groups excluding carboxylic acids is 1. The molecular weight excluding hydrogens is 709 g/mol. The zero-order valence-electron chi connectivity index (χ0n) is 33.4. The van der Waals surface area contributed by atoms with Crippen molar-refractivity contribution >= 4 is 11.8 Å². The summed E-state index contributed by atoms with van der Waals surface area (Å²) in [5, 5.41) is 36.4. The Morgan fingerprint density at radius 3 is 1.35 bits per heavy atom. The number of Topliss-reactive ketones (excluding diaryl/α,β-unsaturated/α-hetero) is 1. The molecule has 0 bridgehead atoms. The zero-order valence-corrected chi connectivity index (χ0v) is 33.4. The van der Waals surface area contributed by atoms with Gasteiger partial charge in [-0.25, -0.2) is 0 Å². The number of ketones is 1. The molecule has 0 aromatic heterocycles. The highest BCUT2D eigenvalue weighted by Gasteiger charge is 2.42. The van der Waals surface area contributed by atoms with Gasteiger partial charge in [-0.1, -0.05) is 146 Å². The lowest BCUT2D eigenvalue weighted by Gasteiger charge is -2.42. The number of nitrogens with one attached hydrogen (secondary N) is 1. The fourth-order valence-electron chi connectivity index (χ4n) is 8.66. The van der Waals surface area contributed by atoms with E-state index in [-0.39, 0.29) is 17.6 Å². The first kappa shape index (κ1) is 41.7. The van der Waals surface area contributed by atoms with Crippen molar-refractivity contribution in [2.45, 2.75) is 69.0 Å². The summed E-state index contributed by atoms with van der Waals surface area (Å²) in [6.45, 7) is 7.91. The third-order valence-electron chi connectivity index (χ3n) is 12.3. The SMILES string of the molecule is CC(C)(C(=O)O)c1ccc(C(=O)CCCN2CCC(C(O)(c3ccccc3)c3ccccc3)CC2)cc1.OC(c1ccccc1)(c1ccccc1)C1CCNCC1. The number of aliphatic carboxylic acids is 1. The van der Waals surface area contributed by atoms with Crippen LogP contribution in [-0.2, 0) is 21.4 Å². The van der Waals surface area contributed by atoms with E-state index in [1.807, 2.05) is 121 Å². The normalized spacial score (nSPS) is 16.0. The number of hydrogen-bond acceptors (Lipinski definition) is 6. The number of likely N-dealkylation sites (tertiary alicyclic amines) is 1. The van der Waals surface area contributed by atoms with E-state index < -0.39 is 22.6 Å². The number of piperidine rings is 2. The molecule has 2 fully saturated rings. The van der Waals surface area contributed by atoms with Crippen molar-refractivity contribution in [3.8, 4) is 0 Å². The van der Waals surface area contributed by atoms with Gasteiger partial charge in [0.25, 0.3) is 0 Å². The van der Waals surface area contributed by atoms with Gasteiger partial charge in [0.1, 0.15) is 11.2 Å². The van der Waals surface area contributed by atoms with Crippen molar-refractivity contribution in [1.82, 2.24) is 10.2 Å². The Balaban J connectivity index is 0.000000230. The Hall–Kier alpha value is -4.92. The summed E-state index contributed by atoms with van der Waals surface area (Å²) in [6, 6.07) is 47.1. The molecule has 4 N–H and O–H groups in total. The maximum atomic E-state index is 12.7. The summed E-state index contributed by atoms with van der Waals surface area (Å²) in [5.41, 5.74) is 2.28. The Labute approximate surface area is 338 Å². The molecule has 7 heteroatoms. The second kappa shape index (κ2) is 19.0. The molecule has 7 nitrogen and oxygen atoms in total. The first-order valence-corrected chi connectivity index (χ1v) is 20.5. The quantitative estimate of drug-likeness (QED) is 0.0890. The number of hydrogen-bond donors (Lipinski definition) is 4. The highest BCUT2D eigenvalue weighted by Crippen LogP contribution is 2.43. The number of rotatable bonds is 13. The molecule has 57 heavy (non-hydrogen) atoms. The van der Waals surface area contributed by atoms with Crippen LogP contribution in [0.5, 0.6) is 0 Å². The summed E-state index contributed by atoms with van der Waals surface area (Å²) < 4.78 is 0. The first-order valence-electron chi connectivity index (χ1n) is 20.5. The number of carboxylic acid groups (broad SMARTS) is 1. The third kappa shape index (κ3) is 9.62. The third-order valence-corrected chi connectivity index (χ3v) is 12.3. The molecule has 5 aromatic carbocycles. The smallest absolute Gasteiger partial charge is 0.313 e. The van der Waals surface area contributed by atoms with Gasteiger partial charge in [-0.3, -0.25) is 9.59 Å². The van der Waals surface area contributed by atoms with Gasteiger partial charge in [0, 0.05) is 12.0 Å². The van der Waals surface area contributed by atoms with E-state index in [1.54, 1.807) is 38.1 Å². The standard InChI is InChI=1S/C32H37NO4.C18H21NO/c1-31(2,30(35)36)25-17-15-24(16-18-25)29(34)14-9-21-33-22-19-28(20-23-33)32(37,26-10-5-3-6-11-26)27-12-7-4-8-13-27;20-18(15-7-3-1-4-8-15,16-9-5-2-6-10-16)17-11-13-19-14-12-17/h3-8,10-13,15-18,28,37H,9,14,19-23H2,1-2H3,(H,35,36);1-10,17,19-20H,11-14H2. The van der Waals surface area contributed by atoms with Gasteiger partial charge in [0.2, 0.25) is 0 Å². The molecule has 2 saturated heterocycles. The van der Waals surface area contributed by atoms with Crippen molar-refractivity contribution in [2.24, 2.45) is 11.8 Å². The van der Waals surface area contributed by atoms with Crippen molar-refractivity contribution in [3.63, 3.8) is 0 Å². The molecule has 0 atom stereocenters. The first-order chi connectivity index (χ1) is 27.5. The van der Waals surface area contributed by atoms with Gasteiger partial charge in [-0.15, -0.1) is 0 Å². The largest absolute Gasteiger partial charge is 0.481 e. The van der Waals surface area contributed by atoms with Gasteiger partial charge in [0.15, 0.2) is 5.78 Å². The van der Waals surface area contributed by atoms with E-state index >= 15 is 0 Å². The van der Waals surface area contributed by atoms with E-state index in [0.717, 1.165) is 87.1 Å². The molecule has 298 valence electrons. The maximum absolute atomic E-state index is 12.7. The summed E-state index contributed by atoms with van der Waals surface area (Å²) in [6.07, 6.45) is 5.00. The van der Waals surface area contributed by atoms with Crippen LogP contribution in [0, 0.1) is 11.8 Å². The van der Waals surface area contributed by atoms with Gasteiger partial charge in [-0.05, 0) is 118 Å². The van der Waals surface area contributed by atoms with Crippen LogP contribution in [0.2, 0.25) is 0 Å². The molecule has 2 heterocycles. The minimum atomic E-state index is -1.02. The molecule has 7 rings (SSSR count). The summed E-state index contributed by atoms with van der Waals surface area (Å²) >= 11 is 0. The summed E-state index contributed by atoms with van der Waals surface area (Å²) in [4.78, 5) is 26.6. The Morgan fingerprint density at radius 2 is 0.965 bits per heavy atom. The van der Waals surface area contributed by atoms with Crippen LogP contribution in [0.4, 0.5) is 0 Å². The number of aliphatic hydroxyl groups is 2. The second-order valence-electron chi connectivity index (χ2n) is 16.2. The molecule has 0 amide bonds. The van der Waals surface area contributed by atoms with Crippen LogP contribution < -0.4 is 5.32 Å². The fourth-order valence-corrected chi connectivity index (χ4v) is 8.66. The predicted octanol–water partition coefficient (Wildman–Crippen LogP) is 8.58. The minimum Gasteiger partial charge on any atom is -0.481 e. The van der Waals surface area contributed by atoms with Crippen molar-refractivity contribution in [1.29, 1.82) is 0 Å². The van der Waals surface area contributed by atoms with E-state index in [2.05, 4.69) is 10.2 Å². The predicted molar refractivity (Wildman–Crippen MR) is 227 cm³/mol. The van der Waals surface area contributed by atoms with Crippen LogP contribution in [0.3, 0.4) is 0 Å². The Kier molecular flexibility index (Phi) is 13.9. The lowest BCUT2D eigenvalue weighted by Crippen LogP contribution is -2.44. The number of carbonyl (C=O) groups is 2. The van der Waals surface area contributed by atoms with Crippen molar-refractivity contribution in [3.05, 3.63) is 179 Å². The van der Waals surface area contributed by atoms with Crippen LogP contribution in [0.25, 0.3) is 0 Å². The number of carboxylic acids is 1. The van der Waals surface area contributed by atoms with Crippen LogP contribution >= 0.6 is 0 Å². The molecule has 0 aliphatic carbocycles. The van der Waals surface area contributed by atoms with Gasteiger partial charge in [0.05, 0.1) is 5.41 Å². The highest BCUT2D eigenvalue weighted by atomic mass is 16.4. The highest BCUT2D eigenvalue weighted by molar-refractivity contribution is 5.96. The molecule has 5 aromatic rings. The molecular formula is C50H58N2O5. The molecule has 0 spiro atoms. The van der Waals surface area contributed by atoms with Crippen LogP contribution in [0.15, 0.2) is 146 Å². The zero-order chi connectivity index (χ0) is 40.3. The average molecular weight is 767 g/mol. The monoisotopic (exact) mass is 766 g/mol. The molecule has 0 radical (unpaired) electrons. The summed E-state index contributed by atoms with van der Waals surface area (Å²) in [5.74, 6) is -0.435. The number of benzene rings is 5. The topological polar surface area (TPSA) is 110 Å².